The van der Waals surface area contributed by atoms with Crippen LogP contribution in [0.2, 0.25) is 0 Å². The molecule has 0 spiro atoms. The van der Waals surface area contributed by atoms with Gasteiger partial charge in [0.1, 0.15) is 18.2 Å². The molecule has 2 amide bonds. The number of nitrogens with one attached hydrogen (secondary N) is 2. The van der Waals surface area contributed by atoms with E-state index in [1.54, 1.807) is 26.0 Å². The van der Waals surface area contributed by atoms with Crippen LogP contribution in [-0.4, -0.2) is 47.7 Å². The van der Waals surface area contributed by atoms with Crippen molar-refractivity contribution in [3.05, 3.63) is 35.9 Å². The van der Waals surface area contributed by atoms with Crippen LogP contribution in [0.4, 0.5) is 4.79 Å². The summed E-state index contributed by atoms with van der Waals surface area (Å²) in [5.74, 6) is -2.91. The Bertz CT molecular complexity index is 721. The molecule has 29 heavy (non-hydrogen) atoms. The minimum atomic E-state index is -1.70. The number of ether oxygens (including phenoxy) is 2. The molecule has 0 aromatic heterocycles. The predicted molar refractivity (Wildman–Crippen MR) is 104 cm³/mol. The summed E-state index contributed by atoms with van der Waals surface area (Å²) in [7, 11) is 1.19. The van der Waals surface area contributed by atoms with Crippen molar-refractivity contribution in [1.29, 1.82) is 0 Å². The molecule has 0 aliphatic carbocycles. The number of benzene rings is 1. The molecule has 160 valence electrons. The van der Waals surface area contributed by atoms with Crippen molar-refractivity contribution in [2.24, 2.45) is 5.92 Å². The second-order valence-electron chi connectivity index (χ2n) is 7.13. The summed E-state index contributed by atoms with van der Waals surface area (Å²) in [6, 6.07) is 8.01. The number of hydrogen-bond donors (Lipinski definition) is 3. The summed E-state index contributed by atoms with van der Waals surface area (Å²) in [5.41, 5.74) is -0.914. The molecule has 0 unspecified atom stereocenters. The van der Waals surface area contributed by atoms with E-state index < -0.39 is 35.5 Å². The maximum Gasteiger partial charge on any atom is 0.408 e. The predicted octanol–water partition coefficient (Wildman–Crippen LogP) is 1.85. The Balaban J connectivity index is 2.75. The van der Waals surface area contributed by atoms with Gasteiger partial charge in [-0.05, 0) is 24.8 Å². The second kappa shape index (κ2) is 11.0. The Hall–Kier alpha value is -3.10. The van der Waals surface area contributed by atoms with Crippen molar-refractivity contribution in [3.63, 3.8) is 0 Å². The highest BCUT2D eigenvalue weighted by Gasteiger charge is 2.38. The quantitative estimate of drug-likeness (QED) is 0.504. The van der Waals surface area contributed by atoms with Crippen LogP contribution in [-0.2, 0) is 30.5 Å². The summed E-state index contributed by atoms with van der Waals surface area (Å²) in [6.07, 6.45) is -1.14. The van der Waals surface area contributed by atoms with Crippen LogP contribution in [0.1, 0.15) is 39.2 Å². The van der Waals surface area contributed by atoms with E-state index in [0.717, 1.165) is 5.56 Å². The first-order chi connectivity index (χ1) is 13.6. The number of rotatable bonds is 10. The van der Waals surface area contributed by atoms with Crippen molar-refractivity contribution in [1.82, 2.24) is 10.6 Å². The number of amides is 2. The third-order valence-electron chi connectivity index (χ3n) is 4.36. The minimum absolute atomic E-state index is 0.0328. The first kappa shape index (κ1) is 23.9. The van der Waals surface area contributed by atoms with E-state index in [4.69, 9.17) is 4.74 Å². The number of carbonyl (C=O) groups is 4. The van der Waals surface area contributed by atoms with Gasteiger partial charge in [0.2, 0.25) is 5.91 Å². The molecule has 0 aliphatic heterocycles. The summed E-state index contributed by atoms with van der Waals surface area (Å²) in [5, 5.41) is 14.4. The molecule has 0 bridgehead atoms. The maximum atomic E-state index is 12.7. The third kappa shape index (κ3) is 7.81. The van der Waals surface area contributed by atoms with Gasteiger partial charge in [-0.1, -0.05) is 44.2 Å². The van der Waals surface area contributed by atoms with Crippen LogP contribution in [0.5, 0.6) is 0 Å². The number of hydrogen-bond acceptors (Lipinski definition) is 6. The van der Waals surface area contributed by atoms with Crippen LogP contribution in [0.15, 0.2) is 30.3 Å². The summed E-state index contributed by atoms with van der Waals surface area (Å²) in [4.78, 5) is 47.8. The fraction of sp³-hybridized carbons (Fsp3) is 0.500. The van der Waals surface area contributed by atoms with Crippen molar-refractivity contribution in [3.8, 4) is 0 Å². The van der Waals surface area contributed by atoms with Gasteiger partial charge in [-0.2, -0.15) is 0 Å². The van der Waals surface area contributed by atoms with Crippen LogP contribution in [0.25, 0.3) is 0 Å². The highest BCUT2D eigenvalue weighted by Crippen LogP contribution is 2.15. The Morgan fingerprint density at radius 1 is 1.14 bits per heavy atom. The molecule has 0 saturated carbocycles. The molecule has 3 N–H and O–H groups in total. The number of aliphatic carboxylic acids is 1. The van der Waals surface area contributed by atoms with E-state index in [9.17, 15) is 24.3 Å². The van der Waals surface area contributed by atoms with Gasteiger partial charge in [-0.3, -0.25) is 9.59 Å². The number of methoxy groups -OCH3 is 1. The lowest BCUT2D eigenvalue weighted by Gasteiger charge is -2.29. The first-order valence-corrected chi connectivity index (χ1v) is 9.18. The monoisotopic (exact) mass is 408 g/mol. The lowest BCUT2D eigenvalue weighted by atomic mass is 9.94. The number of alkyl carbamates (subject to hydrolysis) is 1. The Labute approximate surface area is 169 Å². The molecule has 1 aromatic carbocycles. The van der Waals surface area contributed by atoms with E-state index in [1.807, 2.05) is 18.2 Å². The van der Waals surface area contributed by atoms with Crippen LogP contribution >= 0.6 is 0 Å². The molecule has 0 heterocycles. The summed E-state index contributed by atoms with van der Waals surface area (Å²) in [6.45, 7) is 4.73. The normalized spacial score (nSPS) is 13.7. The van der Waals surface area contributed by atoms with Gasteiger partial charge in [-0.25, -0.2) is 9.59 Å². The van der Waals surface area contributed by atoms with Crippen LogP contribution in [0, 0.1) is 5.92 Å². The first-order valence-electron chi connectivity index (χ1n) is 9.18. The van der Waals surface area contributed by atoms with E-state index in [0.29, 0.717) is 0 Å². The van der Waals surface area contributed by atoms with Crippen molar-refractivity contribution in [2.45, 2.75) is 51.8 Å². The molecular formula is C20H28N2O7. The molecule has 0 saturated heterocycles. The molecule has 0 radical (unpaired) electrons. The summed E-state index contributed by atoms with van der Waals surface area (Å²) < 4.78 is 9.64. The Morgan fingerprint density at radius 3 is 2.28 bits per heavy atom. The van der Waals surface area contributed by atoms with Gasteiger partial charge in [-0.15, -0.1) is 0 Å². The van der Waals surface area contributed by atoms with Crippen LogP contribution < -0.4 is 10.6 Å². The standard InChI is InChI=1S/C20H28N2O7/c1-13(2)16(21-19(27)29-12-14-8-6-5-7-9-14)17(24)22-20(3,18(25)26)11-10-15(23)28-4/h5-9,13,16H,10-12H2,1-4H3,(H,21,27)(H,22,24)(H,25,26)/t16-,20-/m0/s1. The largest absolute Gasteiger partial charge is 0.480 e. The maximum absolute atomic E-state index is 12.7. The van der Waals surface area contributed by atoms with Crippen molar-refractivity contribution in [2.75, 3.05) is 7.11 Å². The van der Waals surface area contributed by atoms with Gasteiger partial charge in [0.15, 0.2) is 0 Å². The van der Waals surface area contributed by atoms with Crippen molar-refractivity contribution >= 4 is 23.9 Å². The fourth-order valence-corrected chi connectivity index (χ4v) is 2.45. The Kier molecular flexibility index (Phi) is 9.11. The smallest absolute Gasteiger partial charge is 0.408 e. The lowest BCUT2D eigenvalue weighted by Crippen LogP contribution is -2.59. The molecular weight excluding hydrogens is 380 g/mol. The van der Waals surface area contributed by atoms with Gasteiger partial charge in [0.05, 0.1) is 7.11 Å². The lowest BCUT2D eigenvalue weighted by molar-refractivity contribution is -0.149. The second-order valence-corrected chi connectivity index (χ2v) is 7.13. The molecule has 1 aromatic rings. The van der Waals surface area contributed by atoms with Gasteiger partial charge in [0, 0.05) is 6.42 Å². The average molecular weight is 408 g/mol. The zero-order chi connectivity index (χ0) is 22.0. The van der Waals surface area contributed by atoms with Crippen LogP contribution in [0.3, 0.4) is 0 Å². The topological polar surface area (TPSA) is 131 Å². The molecule has 1 rings (SSSR count). The number of esters is 1. The molecule has 2 atom stereocenters. The zero-order valence-electron chi connectivity index (χ0n) is 17.1. The van der Waals surface area contributed by atoms with E-state index >= 15 is 0 Å². The van der Waals surface area contributed by atoms with Crippen molar-refractivity contribution < 1.29 is 33.8 Å². The SMILES string of the molecule is COC(=O)CC[C@](C)(NC(=O)[C@@H](NC(=O)OCc1ccccc1)C(C)C)C(=O)O. The van der Waals surface area contributed by atoms with E-state index in [2.05, 4.69) is 15.4 Å². The summed E-state index contributed by atoms with van der Waals surface area (Å²) >= 11 is 0. The fourth-order valence-electron chi connectivity index (χ4n) is 2.45. The Morgan fingerprint density at radius 2 is 1.76 bits per heavy atom. The van der Waals surface area contributed by atoms with Gasteiger partial charge >= 0.3 is 18.0 Å². The molecule has 0 fully saturated rings. The van der Waals surface area contributed by atoms with Gasteiger partial charge in [0.25, 0.3) is 0 Å². The number of carbonyl (C=O) groups excluding carboxylic acids is 3. The zero-order valence-corrected chi connectivity index (χ0v) is 17.1. The number of carboxylic acid groups (broad SMARTS) is 1. The minimum Gasteiger partial charge on any atom is -0.480 e. The average Bonchev–Trinajstić information content (AvgIpc) is 2.68. The molecule has 0 aliphatic rings. The highest BCUT2D eigenvalue weighted by atomic mass is 16.5. The highest BCUT2D eigenvalue weighted by molar-refractivity contribution is 5.91. The molecule has 9 nitrogen and oxygen atoms in total. The number of carboxylic acids is 1. The van der Waals surface area contributed by atoms with E-state index in [-0.39, 0.29) is 25.4 Å². The molecule has 9 heteroatoms. The third-order valence-corrected chi connectivity index (χ3v) is 4.36. The van der Waals surface area contributed by atoms with Gasteiger partial charge < -0.3 is 25.2 Å². The van der Waals surface area contributed by atoms with E-state index in [1.165, 1.54) is 14.0 Å².